The van der Waals surface area contributed by atoms with Gasteiger partial charge in [0.1, 0.15) is 16.5 Å². The lowest BCUT2D eigenvalue weighted by molar-refractivity contribution is -0.385. The zero-order chi connectivity index (χ0) is 21.3. The number of halogens is 2. The van der Waals surface area contributed by atoms with Gasteiger partial charge in [0.15, 0.2) is 0 Å². The molecule has 2 aromatic carbocycles. The van der Waals surface area contributed by atoms with E-state index in [1.807, 2.05) is 0 Å². The van der Waals surface area contributed by atoms with Crippen LogP contribution in [0.15, 0.2) is 41.3 Å². The number of carbonyl (C=O) groups is 1. The minimum absolute atomic E-state index is 0.0303. The van der Waals surface area contributed by atoms with Gasteiger partial charge in [-0.05, 0) is 25.1 Å². The highest BCUT2D eigenvalue weighted by atomic mass is 32.2. The molecule has 11 heteroatoms. The highest BCUT2D eigenvalue weighted by molar-refractivity contribution is 7.89. The Bertz CT molecular complexity index is 1080. The average molecular weight is 425 g/mol. The average Bonchev–Trinajstić information content (AvgIpc) is 2.67. The number of carbonyl (C=O) groups excluding carboxylic acids is 1. The van der Waals surface area contributed by atoms with Gasteiger partial charge >= 0.3 is 0 Å². The molecule has 1 fully saturated rings. The Kier molecular flexibility index (Phi) is 5.62. The third kappa shape index (κ3) is 4.10. The quantitative estimate of drug-likeness (QED) is 0.553. The van der Waals surface area contributed by atoms with Crippen molar-refractivity contribution in [2.45, 2.75) is 11.8 Å². The van der Waals surface area contributed by atoms with Gasteiger partial charge in [-0.1, -0.05) is 6.07 Å². The second kappa shape index (κ2) is 7.84. The van der Waals surface area contributed by atoms with Crippen LogP contribution >= 0.6 is 0 Å². The van der Waals surface area contributed by atoms with Crippen LogP contribution in [0.5, 0.6) is 0 Å². The summed E-state index contributed by atoms with van der Waals surface area (Å²) in [5.41, 5.74) is 0.371. The number of amides is 1. The van der Waals surface area contributed by atoms with E-state index in [0.717, 1.165) is 16.4 Å². The van der Waals surface area contributed by atoms with E-state index in [1.54, 1.807) is 6.92 Å². The molecule has 8 nitrogen and oxygen atoms in total. The van der Waals surface area contributed by atoms with E-state index < -0.39 is 37.4 Å². The molecule has 0 atom stereocenters. The molecule has 0 N–H and O–H groups in total. The summed E-state index contributed by atoms with van der Waals surface area (Å²) in [6.07, 6.45) is 0. The fraction of sp³-hybridized carbons (Fsp3) is 0.278. The highest BCUT2D eigenvalue weighted by Crippen LogP contribution is 2.23. The number of aryl methyl sites for hydroxylation is 1. The number of hydrogen-bond donors (Lipinski definition) is 0. The number of piperazine rings is 1. The van der Waals surface area contributed by atoms with E-state index in [-0.39, 0.29) is 37.4 Å². The number of nitro benzene ring substituents is 1. The molecule has 154 valence electrons. The molecule has 0 aliphatic carbocycles. The van der Waals surface area contributed by atoms with Crippen LogP contribution in [0.1, 0.15) is 15.9 Å². The Hall–Kier alpha value is -2.92. The molecule has 0 radical (unpaired) electrons. The Morgan fingerprint density at radius 3 is 2.31 bits per heavy atom. The molecule has 1 aliphatic rings. The van der Waals surface area contributed by atoms with Gasteiger partial charge in [-0.3, -0.25) is 14.9 Å². The molecule has 0 spiro atoms. The van der Waals surface area contributed by atoms with Crippen molar-refractivity contribution in [1.29, 1.82) is 0 Å². The highest BCUT2D eigenvalue weighted by Gasteiger charge is 2.32. The van der Waals surface area contributed by atoms with Crippen molar-refractivity contribution in [2.24, 2.45) is 0 Å². The van der Waals surface area contributed by atoms with E-state index in [4.69, 9.17) is 0 Å². The minimum atomic E-state index is -4.18. The first kappa shape index (κ1) is 20.8. The Morgan fingerprint density at radius 1 is 1.07 bits per heavy atom. The first-order valence-electron chi connectivity index (χ1n) is 8.61. The molecular formula is C18H17F2N3O5S. The van der Waals surface area contributed by atoms with Crippen LogP contribution in [-0.4, -0.2) is 54.6 Å². The Labute approximate surface area is 165 Å². The summed E-state index contributed by atoms with van der Waals surface area (Å²) >= 11 is 0. The maximum absolute atomic E-state index is 13.9. The molecule has 29 heavy (non-hydrogen) atoms. The third-order valence-electron chi connectivity index (χ3n) is 4.69. The third-order valence-corrected chi connectivity index (χ3v) is 6.62. The molecule has 2 aromatic rings. The fourth-order valence-electron chi connectivity index (χ4n) is 3.08. The summed E-state index contributed by atoms with van der Waals surface area (Å²) in [7, 11) is -4.18. The van der Waals surface area contributed by atoms with Crippen molar-refractivity contribution < 1.29 is 26.9 Å². The van der Waals surface area contributed by atoms with E-state index in [0.29, 0.717) is 11.6 Å². The maximum Gasteiger partial charge on any atom is 0.273 e. The zero-order valence-electron chi connectivity index (χ0n) is 15.3. The predicted octanol–water partition coefficient (Wildman–Crippen LogP) is 2.33. The monoisotopic (exact) mass is 425 g/mol. The SMILES string of the molecule is Cc1ccc(C(=O)N2CCN(S(=O)(=O)c3ccc(F)cc3F)CC2)cc1[N+](=O)[O-]. The van der Waals surface area contributed by atoms with Crippen molar-refractivity contribution in [3.8, 4) is 0 Å². The fourth-order valence-corrected chi connectivity index (χ4v) is 4.54. The summed E-state index contributed by atoms with van der Waals surface area (Å²) in [6.45, 7) is 1.45. The van der Waals surface area contributed by atoms with Gasteiger partial charge in [-0.2, -0.15) is 4.31 Å². The van der Waals surface area contributed by atoms with E-state index in [1.165, 1.54) is 23.1 Å². The normalized spacial score (nSPS) is 15.3. The predicted molar refractivity (Wildman–Crippen MR) is 98.9 cm³/mol. The summed E-state index contributed by atoms with van der Waals surface area (Å²) in [6, 6.07) is 6.36. The van der Waals surface area contributed by atoms with Crippen LogP contribution in [0, 0.1) is 28.7 Å². The van der Waals surface area contributed by atoms with Crippen LogP contribution in [0.25, 0.3) is 0 Å². The number of benzene rings is 2. The molecule has 0 unspecified atom stereocenters. The lowest BCUT2D eigenvalue weighted by atomic mass is 10.1. The van der Waals surface area contributed by atoms with E-state index >= 15 is 0 Å². The summed E-state index contributed by atoms with van der Waals surface area (Å²) < 4.78 is 53.2. The van der Waals surface area contributed by atoms with Crippen molar-refractivity contribution in [3.05, 3.63) is 69.3 Å². The van der Waals surface area contributed by atoms with Gasteiger partial charge in [0.2, 0.25) is 10.0 Å². The molecule has 0 aromatic heterocycles. The molecule has 1 saturated heterocycles. The van der Waals surface area contributed by atoms with Crippen LogP contribution < -0.4 is 0 Å². The molecule has 0 saturated carbocycles. The zero-order valence-corrected chi connectivity index (χ0v) is 16.2. The van der Waals surface area contributed by atoms with E-state index in [2.05, 4.69) is 0 Å². The number of nitro groups is 1. The van der Waals surface area contributed by atoms with Crippen molar-refractivity contribution in [1.82, 2.24) is 9.21 Å². The van der Waals surface area contributed by atoms with Crippen molar-refractivity contribution in [3.63, 3.8) is 0 Å². The van der Waals surface area contributed by atoms with Crippen LogP contribution in [0.3, 0.4) is 0 Å². The molecular weight excluding hydrogens is 408 g/mol. The molecule has 3 rings (SSSR count). The second-order valence-electron chi connectivity index (χ2n) is 6.53. The molecule has 1 heterocycles. The number of rotatable bonds is 4. The number of hydrogen-bond acceptors (Lipinski definition) is 5. The molecule has 1 amide bonds. The van der Waals surface area contributed by atoms with Crippen LogP contribution in [0.2, 0.25) is 0 Å². The second-order valence-corrected chi connectivity index (χ2v) is 8.44. The van der Waals surface area contributed by atoms with Gasteiger partial charge in [0.25, 0.3) is 11.6 Å². The van der Waals surface area contributed by atoms with Gasteiger partial charge in [0, 0.05) is 49.4 Å². The van der Waals surface area contributed by atoms with Crippen molar-refractivity contribution in [2.75, 3.05) is 26.2 Å². The van der Waals surface area contributed by atoms with Crippen molar-refractivity contribution >= 4 is 21.6 Å². The first-order chi connectivity index (χ1) is 13.6. The summed E-state index contributed by atoms with van der Waals surface area (Å²) in [5.74, 6) is -2.53. The lowest BCUT2D eigenvalue weighted by Gasteiger charge is -2.34. The summed E-state index contributed by atoms with van der Waals surface area (Å²) in [5, 5.41) is 11.1. The molecule has 0 bridgehead atoms. The lowest BCUT2D eigenvalue weighted by Crippen LogP contribution is -2.50. The first-order valence-corrected chi connectivity index (χ1v) is 10.0. The summed E-state index contributed by atoms with van der Waals surface area (Å²) in [4.78, 5) is 23.9. The van der Waals surface area contributed by atoms with Crippen LogP contribution in [0.4, 0.5) is 14.5 Å². The van der Waals surface area contributed by atoms with E-state index in [9.17, 15) is 32.1 Å². The smallest absolute Gasteiger partial charge is 0.273 e. The van der Waals surface area contributed by atoms with Gasteiger partial charge in [0.05, 0.1) is 4.92 Å². The standard InChI is InChI=1S/C18H17F2N3O5S/c1-12-2-3-13(10-16(12)23(25)26)18(24)21-6-8-22(9-7-21)29(27,28)17-5-4-14(19)11-15(17)20/h2-5,10-11H,6-9H2,1H3. The maximum atomic E-state index is 13.9. The Morgan fingerprint density at radius 2 is 1.72 bits per heavy atom. The number of nitrogens with zero attached hydrogens (tertiary/aromatic N) is 3. The van der Waals surface area contributed by atoms with Gasteiger partial charge < -0.3 is 4.90 Å². The number of sulfonamides is 1. The topological polar surface area (TPSA) is 101 Å². The largest absolute Gasteiger partial charge is 0.336 e. The Balaban J connectivity index is 1.74. The minimum Gasteiger partial charge on any atom is -0.336 e. The van der Waals surface area contributed by atoms with Gasteiger partial charge in [-0.15, -0.1) is 0 Å². The van der Waals surface area contributed by atoms with Gasteiger partial charge in [-0.25, -0.2) is 17.2 Å². The molecule has 1 aliphatic heterocycles. The van der Waals surface area contributed by atoms with Crippen LogP contribution in [-0.2, 0) is 10.0 Å².